The summed E-state index contributed by atoms with van der Waals surface area (Å²) in [5, 5.41) is 3.12. The minimum absolute atomic E-state index is 0.590. The van der Waals surface area contributed by atoms with E-state index in [4.69, 9.17) is 11.5 Å². The molecule has 0 aliphatic carbocycles. The van der Waals surface area contributed by atoms with Crippen LogP contribution in [-0.2, 0) is 0 Å². The zero-order valence-corrected chi connectivity index (χ0v) is 13.9. The molecule has 0 amide bonds. The largest absolute Gasteiger partial charge is 0.397 e. The molecule has 4 rings (SSSR count). The first-order valence-electron chi connectivity index (χ1n) is 8.07. The van der Waals surface area contributed by atoms with Crippen molar-refractivity contribution in [2.75, 3.05) is 23.8 Å². The fraction of sp³-hybridized carbons (Fsp3) is 0.0500. The molecule has 1 aromatic heterocycles. The van der Waals surface area contributed by atoms with Crippen LogP contribution in [0.5, 0.6) is 0 Å². The van der Waals surface area contributed by atoms with Gasteiger partial charge in [-0.05, 0) is 59.7 Å². The number of nitrogens with zero attached hydrogens (tertiary/aromatic N) is 1. The third kappa shape index (κ3) is 2.76. The summed E-state index contributed by atoms with van der Waals surface area (Å²) in [6, 6.07) is 20.0. The van der Waals surface area contributed by atoms with Crippen LogP contribution in [0.15, 0.2) is 60.7 Å². The molecule has 0 fully saturated rings. The van der Waals surface area contributed by atoms with E-state index >= 15 is 0 Å². The molecule has 5 heteroatoms. The van der Waals surface area contributed by atoms with Gasteiger partial charge in [0, 0.05) is 18.3 Å². The Kier molecular flexibility index (Phi) is 3.54. The van der Waals surface area contributed by atoms with Gasteiger partial charge in [-0.25, -0.2) is 4.98 Å². The predicted octanol–water partition coefficient (Wildman–Crippen LogP) is 4.10. The Morgan fingerprint density at radius 3 is 2.20 bits per heavy atom. The average molecular weight is 329 g/mol. The van der Waals surface area contributed by atoms with Gasteiger partial charge in [0.1, 0.15) is 5.82 Å². The van der Waals surface area contributed by atoms with Crippen LogP contribution in [0, 0.1) is 0 Å². The minimum atomic E-state index is 0.590. The maximum absolute atomic E-state index is 5.92. The second-order valence-electron chi connectivity index (χ2n) is 5.99. The molecule has 5 nitrogen and oxygen atoms in total. The molecule has 0 spiro atoms. The Hall–Kier alpha value is -3.47. The molecule has 25 heavy (non-hydrogen) atoms. The Morgan fingerprint density at radius 1 is 0.800 bits per heavy atom. The number of nitrogens with one attached hydrogen (secondary N) is 2. The zero-order chi connectivity index (χ0) is 17.4. The number of hydrogen-bond acceptors (Lipinski definition) is 4. The summed E-state index contributed by atoms with van der Waals surface area (Å²) in [4.78, 5) is 8.08. The van der Waals surface area contributed by atoms with Crippen molar-refractivity contribution in [3.63, 3.8) is 0 Å². The molecule has 0 aliphatic heterocycles. The van der Waals surface area contributed by atoms with E-state index in [2.05, 4.69) is 21.4 Å². The Morgan fingerprint density at radius 2 is 1.48 bits per heavy atom. The monoisotopic (exact) mass is 329 g/mol. The molecule has 0 saturated carbocycles. The number of H-pyrrole nitrogens is 1. The second-order valence-corrected chi connectivity index (χ2v) is 5.99. The van der Waals surface area contributed by atoms with Gasteiger partial charge in [0.15, 0.2) is 0 Å². The van der Waals surface area contributed by atoms with E-state index in [1.54, 1.807) is 0 Å². The lowest BCUT2D eigenvalue weighted by molar-refractivity contribution is 1.33. The molecule has 0 radical (unpaired) electrons. The van der Waals surface area contributed by atoms with Crippen LogP contribution in [0.4, 0.5) is 17.1 Å². The first-order valence-corrected chi connectivity index (χ1v) is 8.07. The van der Waals surface area contributed by atoms with E-state index in [0.717, 1.165) is 39.2 Å². The molecule has 124 valence electrons. The molecule has 0 atom stereocenters. The molecule has 4 aromatic rings. The van der Waals surface area contributed by atoms with Crippen LogP contribution in [0.2, 0.25) is 0 Å². The normalized spacial score (nSPS) is 10.9. The molecular weight excluding hydrogens is 310 g/mol. The summed E-state index contributed by atoms with van der Waals surface area (Å²) in [5.74, 6) is 0.853. The summed E-state index contributed by atoms with van der Waals surface area (Å²) in [7, 11) is 1.90. The molecule has 6 N–H and O–H groups in total. The molecule has 1 heterocycles. The van der Waals surface area contributed by atoms with E-state index < -0.39 is 0 Å². The van der Waals surface area contributed by atoms with Crippen molar-refractivity contribution >= 4 is 28.1 Å². The number of hydrogen-bond donors (Lipinski definition) is 4. The third-order valence-corrected chi connectivity index (χ3v) is 4.35. The number of anilines is 3. The van der Waals surface area contributed by atoms with Crippen LogP contribution < -0.4 is 16.8 Å². The maximum atomic E-state index is 5.92. The summed E-state index contributed by atoms with van der Waals surface area (Å²) in [6.45, 7) is 0. The predicted molar refractivity (Wildman–Crippen MR) is 105 cm³/mol. The zero-order valence-electron chi connectivity index (χ0n) is 13.9. The van der Waals surface area contributed by atoms with Crippen LogP contribution in [0.25, 0.3) is 33.5 Å². The van der Waals surface area contributed by atoms with Crippen LogP contribution in [0.3, 0.4) is 0 Å². The third-order valence-electron chi connectivity index (χ3n) is 4.35. The highest BCUT2D eigenvalue weighted by Gasteiger charge is 2.08. The van der Waals surface area contributed by atoms with Gasteiger partial charge in [0.25, 0.3) is 0 Å². The van der Waals surface area contributed by atoms with Crippen LogP contribution in [-0.4, -0.2) is 17.0 Å². The van der Waals surface area contributed by atoms with Gasteiger partial charge < -0.3 is 21.8 Å². The van der Waals surface area contributed by atoms with E-state index in [1.165, 1.54) is 0 Å². The van der Waals surface area contributed by atoms with E-state index in [0.29, 0.717) is 11.4 Å². The topological polar surface area (TPSA) is 92.8 Å². The lowest BCUT2D eigenvalue weighted by atomic mass is 10.0. The standard InChI is InChI=1S/C20H19N5/c1-23-15-6-2-12(3-7-15)20-24-18-9-5-14(11-19(18)25-20)13-4-8-16(21)17(22)10-13/h2-11,23H,21-22H2,1H3,(H,24,25). The molecule has 0 aliphatic rings. The van der Waals surface area contributed by atoms with Crippen LogP contribution in [0.1, 0.15) is 0 Å². The first kappa shape index (κ1) is 15.1. The number of nitrogens with two attached hydrogens (primary N) is 2. The Labute approximate surface area is 145 Å². The summed E-state index contributed by atoms with van der Waals surface area (Å²) >= 11 is 0. The fourth-order valence-electron chi connectivity index (χ4n) is 2.87. The lowest BCUT2D eigenvalue weighted by Gasteiger charge is -2.05. The van der Waals surface area contributed by atoms with Gasteiger partial charge in [-0.15, -0.1) is 0 Å². The van der Waals surface area contributed by atoms with E-state index in [1.807, 2.05) is 61.6 Å². The quantitative estimate of drug-likeness (QED) is 0.426. The first-order chi connectivity index (χ1) is 12.1. The molecule has 3 aromatic carbocycles. The second kappa shape index (κ2) is 5.87. The molecule has 0 saturated heterocycles. The summed E-state index contributed by atoms with van der Waals surface area (Å²) in [6.07, 6.45) is 0. The molecule has 0 unspecified atom stereocenters. The van der Waals surface area contributed by atoms with Gasteiger partial charge in [0.2, 0.25) is 0 Å². The van der Waals surface area contributed by atoms with Crippen molar-refractivity contribution < 1.29 is 0 Å². The molecule has 0 bridgehead atoms. The minimum Gasteiger partial charge on any atom is -0.397 e. The highest BCUT2D eigenvalue weighted by atomic mass is 14.9. The summed E-state index contributed by atoms with van der Waals surface area (Å²) < 4.78 is 0. The van der Waals surface area contributed by atoms with Gasteiger partial charge in [-0.2, -0.15) is 0 Å². The summed E-state index contributed by atoms with van der Waals surface area (Å²) in [5.41, 5.74) is 19.0. The van der Waals surface area contributed by atoms with E-state index in [-0.39, 0.29) is 0 Å². The SMILES string of the molecule is CNc1ccc(-c2nc3ccc(-c4ccc(N)c(N)c4)cc3[nH]2)cc1. The number of rotatable bonds is 3. The average Bonchev–Trinajstić information content (AvgIpc) is 3.07. The fourth-order valence-corrected chi connectivity index (χ4v) is 2.87. The maximum Gasteiger partial charge on any atom is 0.138 e. The van der Waals surface area contributed by atoms with Crippen molar-refractivity contribution in [3.8, 4) is 22.5 Å². The lowest BCUT2D eigenvalue weighted by Crippen LogP contribution is -1.94. The van der Waals surface area contributed by atoms with Crippen molar-refractivity contribution in [1.82, 2.24) is 9.97 Å². The van der Waals surface area contributed by atoms with Crippen molar-refractivity contribution in [2.45, 2.75) is 0 Å². The number of aromatic amines is 1. The Balaban J connectivity index is 1.74. The van der Waals surface area contributed by atoms with Gasteiger partial charge in [-0.3, -0.25) is 0 Å². The highest BCUT2D eigenvalue weighted by molar-refractivity contribution is 5.86. The highest BCUT2D eigenvalue weighted by Crippen LogP contribution is 2.29. The molecular formula is C20H19N5. The van der Waals surface area contributed by atoms with Gasteiger partial charge in [-0.1, -0.05) is 12.1 Å². The van der Waals surface area contributed by atoms with Gasteiger partial charge in [0.05, 0.1) is 22.4 Å². The smallest absolute Gasteiger partial charge is 0.138 e. The van der Waals surface area contributed by atoms with Crippen molar-refractivity contribution in [1.29, 1.82) is 0 Å². The number of aromatic nitrogens is 2. The van der Waals surface area contributed by atoms with Gasteiger partial charge >= 0.3 is 0 Å². The number of benzene rings is 3. The van der Waals surface area contributed by atoms with Crippen molar-refractivity contribution in [3.05, 3.63) is 60.7 Å². The number of fused-ring (bicyclic) bond motifs is 1. The van der Waals surface area contributed by atoms with Crippen LogP contribution >= 0.6 is 0 Å². The number of nitrogen functional groups attached to an aromatic ring is 2. The van der Waals surface area contributed by atoms with E-state index in [9.17, 15) is 0 Å². The van der Waals surface area contributed by atoms with Crippen molar-refractivity contribution in [2.24, 2.45) is 0 Å². The Bertz CT molecular complexity index is 1050. The number of imidazole rings is 1.